The van der Waals surface area contributed by atoms with Crippen LogP contribution in [0.5, 0.6) is 0 Å². The van der Waals surface area contributed by atoms with Crippen molar-refractivity contribution in [3.05, 3.63) is 0 Å². The number of alkyl halides is 3. The number of amides is 3. The Kier molecular flexibility index (Phi) is 8.08. The van der Waals surface area contributed by atoms with Gasteiger partial charge in [0.25, 0.3) is 0 Å². The van der Waals surface area contributed by atoms with Crippen molar-refractivity contribution >= 4 is 11.9 Å². The fourth-order valence-electron chi connectivity index (χ4n) is 1.05. The molecule has 0 bridgehead atoms. The average Bonchev–Trinajstić information content (AvgIpc) is 2.26. The van der Waals surface area contributed by atoms with E-state index in [0.29, 0.717) is 6.54 Å². The Morgan fingerprint density at radius 2 is 1.95 bits per heavy atom. The standard InChI is InChI=1S/C10H18F3N3O3/c1-3-14-9(18)16-8(17)7(2)15-4-5-19-6-10(11,12)13/h7,15H,3-6H2,1-2H3,(H2,14,16,17,18). The molecule has 6 nitrogen and oxygen atoms in total. The summed E-state index contributed by atoms with van der Waals surface area (Å²) in [5, 5.41) is 7.08. The number of hydrogen-bond donors (Lipinski definition) is 3. The van der Waals surface area contributed by atoms with Gasteiger partial charge < -0.3 is 15.4 Å². The maximum absolute atomic E-state index is 11.7. The predicted octanol–water partition coefficient (Wildman–Crippen LogP) is 0.389. The summed E-state index contributed by atoms with van der Waals surface area (Å²) in [5.74, 6) is -0.568. The Balaban J connectivity index is 3.71. The summed E-state index contributed by atoms with van der Waals surface area (Å²) in [7, 11) is 0. The van der Waals surface area contributed by atoms with Crippen LogP contribution in [0.2, 0.25) is 0 Å². The molecule has 1 atom stereocenters. The number of hydrogen-bond acceptors (Lipinski definition) is 4. The Morgan fingerprint density at radius 3 is 2.47 bits per heavy atom. The Morgan fingerprint density at radius 1 is 1.32 bits per heavy atom. The van der Waals surface area contributed by atoms with Crippen LogP contribution >= 0.6 is 0 Å². The molecule has 0 fully saturated rings. The molecule has 0 spiro atoms. The summed E-state index contributed by atoms with van der Waals surface area (Å²) in [6.45, 7) is 2.13. The van der Waals surface area contributed by atoms with E-state index in [-0.39, 0.29) is 13.2 Å². The number of halogens is 3. The van der Waals surface area contributed by atoms with Crippen molar-refractivity contribution in [1.82, 2.24) is 16.0 Å². The van der Waals surface area contributed by atoms with Crippen molar-refractivity contribution < 1.29 is 27.5 Å². The number of urea groups is 1. The molecule has 0 heterocycles. The van der Waals surface area contributed by atoms with Gasteiger partial charge in [-0.05, 0) is 13.8 Å². The number of carbonyl (C=O) groups excluding carboxylic acids is 2. The van der Waals surface area contributed by atoms with Crippen molar-refractivity contribution in [2.45, 2.75) is 26.1 Å². The van der Waals surface area contributed by atoms with E-state index in [0.717, 1.165) is 0 Å². The second kappa shape index (κ2) is 8.70. The highest BCUT2D eigenvalue weighted by molar-refractivity contribution is 5.96. The molecular formula is C10H18F3N3O3. The van der Waals surface area contributed by atoms with E-state index in [1.165, 1.54) is 6.92 Å². The molecule has 0 radical (unpaired) electrons. The van der Waals surface area contributed by atoms with Gasteiger partial charge in [-0.1, -0.05) is 0 Å². The van der Waals surface area contributed by atoms with Crippen LogP contribution in [0.3, 0.4) is 0 Å². The quantitative estimate of drug-likeness (QED) is 0.591. The van der Waals surface area contributed by atoms with Crippen molar-refractivity contribution in [2.24, 2.45) is 0 Å². The maximum Gasteiger partial charge on any atom is 0.411 e. The smallest absolute Gasteiger partial charge is 0.371 e. The maximum atomic E-state index is 11.7. The van der Waals surface area contributed by atoms with Crippen molar-refractivity contribution in [3.63, 3.8) is 0 Å². The average molecular weight is 285 g/mol. The van der Waals surface area contributed by atoms with Gasteiger partial charge in [0.1, 0.15) is 6.61 Å². The van der Waals surface area contributed by atoms with Crippen LogP contribution in [-0.2, 0) is 9.53 Å². The molecule has 0 aromatic carbocycles. The fraction of sp³-hybridized carbons (Fsp3) is 0.800. The topological polar surface area (TPSA) is 79.5 Å². The lowest BCUT2D eigenvalue weighted by molar-refractivity contribution is -0.173. The first-order chi connectivity index (χ1) is 8.76. The summed E-state index contributed by atoms with van der Waals surface area (Å²) in [6, 6.07) is -1.33. The van der Waals surface area contributed by atoms with Crippen LogP contribution in [0, 0.1) is 0 Å². The lowest BCUT2D eigenvalue weighted by Crippen LogP contribution is -2.48. The van der Waals surface area contributed by atoms with Gasteiger partial charge in [-0.15, -0.1) is 0 Å². The van der Waals surface area contributed by atoms with Crippen LogP contribution in [0.4, 0.5) is 18.0 Å². The molecule has 3 N–H and O–H groups in total. The molecule has 0 aromatic heterocycles. The lowest BCUT2D eigenvalue weighted by Gasteiger charge is -2.14. The van der Waals surface area contributed by atoms with Crippen molar-refractivity contribution in [1.29, 1.82) is 0 Å². The Bertz CT molecular complexity index is 297. The fourth-order valence-corrected chi connectivity index (χ4v) is 1.05. The molecule has 3 amide bonds. The van der Waals surface area contributed by atoms with Gasteiger partial charge in [-0.3, -0.25) is 10.1 Å². The number of rotatable bonds is 7. The largest absolute Gasteiger partial charge is 0.411 e. The molecule has 0 aliphatic heterocycles. The zero-order valence-corrected chi connectivity index (χ0v) is 10.8. The predicted molar refractivity (Wildman–Crippen MR) is 61.6 cm³/mol. The highest BCUT2D eigenvalue weighted by atomic mass is 19.4. The van der Waals surface area contributed by atoms with Gasteiger partial charge in [0.2, 0.25) is 5.91 Å². The van der Waals surface area contributed by atoms with Crippen LogP contribution in [-0.4, -0.2) is 50.5 Å². The molecule has 0 aromatic rings. The third-order valence-corrected chi connectivity index (χ3v) is 1.93. The van der Waals surface area contributed by atoms with Crippen LogP contribution in [0.25, 0.3) is 0 Å². The minimum absolute atomic E-state index is 0.0695. The number of carbonyl (C=O) groups is 2. The van der Waals surface area contributed by atoms with E-state index < -0.39 is 30.8 Å². The van der Waals surface area contributed by atoms with E-state index in [9.17, 15) is 22.8 Å². The molecule has 1 unspecified atom stereocenters. The third kappa shape index (κ3) is 10.3. The molecule has 112 valence electrons. The van der Waals surface area contributed by atoms with Crippen molar-refractivity contribution in [2.75, 3.05) is 26.3 Å². The van der Waals surface area contributed by atoms with E-state index in [2.05, 4.69) is 20.7 Å². The highest BCUT2D eigenvalue weighted by Crippen LogP contribution is 2.13. The summed E-state index contributed by atoms with van der Waals surface area (Å²) in [6.07, 6.45) is -4.36. The normalized spacial score (nSPS) is 12.9. The summed E-state index contributed by atoms with van der Waals surface area (Å²) in [5.41, 5.74) is 0. The summed E-state index contributed by atoms with van der Waals surface area (Å²) >= 11 is 0. The molecular weight excluding hydrogens is 267 g/mol. The second-order valence-corrected chi connectivity index (χ2v) is 3.69. The van der Waals surface area contributed by atoms with Gasteiger partial charge >= 0.3 is 12.2 Å². The minimum atomic E-state index is -4.36. The lowest BCUT2D eigenvalue weighted by atomic mass is 10.3. The second-order valence-electron chi connectivity index (χ2n) is 3.69. The molecule has 0 rings (SSSR count). The highest BCUT2D eigenvalue weighted by Gasteiger charge is 2.27. The van der Waals surface area contributed by atoms with E-state index in [4.69, 9.17) is 0 Å². The van der Waals surface area contributed by atoms with Gasteiger partial charge in [0.15, 0.2) is 0 Å². The minimum Gasteiger partial charge on any atom is -0.371 e. The first-order valence-corrected chi connectivity index (χ1v) is 5.73. The van der Waals surface area contributed by atoms with E-state index >= 15 is 0 Å². The SMILES string of the molecule is CCNC(=O)NC(=O)C(C)NCCOCC(F)(F)F. The van der Waals surface area contributed by atoms with Crippen LogP contribution in [0.15, 0.2) is 0 Å². The zero-order chi connectivity index (χ0) is 14.9. The van der Waals surface area contributed by atoms with Gasteiger partial charge in [0, 0.05) is 13.1 Å². The number of nitrogens with one attached hydrogen (secondary N) is 3. The third-order valence-electron chi connectivity index (χ3n) is 1.93. The van der Waals surface area contributed by atoms with E-state index in [1.807, 2.05) is 0 Å². The van der Waals surface area contributed by atoms with Gasteiger partial charge in [-0.2, -0.15) is 13.2 Å². The molecule has 0 aliphatic rings. The Hall–Kier alpha value is -1.35. The van der Waals surface area contributed by atoms with Gasteiger partial charge in [-0.25, -0.2) is 4.79 Å². The molecule has 0 aliphatic carbocycles. The number of ether oxygens (including phenoxy) is 1. The summed E-state index contributed by atoms with van der Waals surface area (Å²) < 4.78 is 39.5. The number of imide groups is 1. The van der Waals surface area contributed by atoms with E-state index in [1.54, 1.807) is 6.92 Å². The van der Waals surface area contributed by atoms with Crippen molar-refractivity contribution in [3.8, 4) is 0 Å². The molecule has 0 saturated heterocycles. The monoisotopic (exact) mass is 285 g/mol. The molecule has 19 heavy (non-hydrogen) atoms. The van der Waals surface area contributed by atoms with Crippen LogP contribution in [0.1, 0.15) is 13.8 Å². The molecule has 0 saturated carbocycles. The summed E-state index contributed by atoms with van der Waals surface area (Å²) in [4.78, 5) is 22.4. The molecule has 9 heteroatoms. The van der Waals surface area contributed by atoms with Gasteiger partial charge in [0.05, 0.1) is 12.6 Å². The first-order valence-electron chi connectivity index (χ1n) is 5.73. The zero-order valence-electron chi connectivity index (χ0n) is 10.8. The Labute approximate surface area is 109 Å². The van der Waals surface area contributed by atoms with Crippen LogP contribution < -0.4 is 16.0 Å². The first kappa shape index (κ1) is 17.6.